The number of unbranched alkanes of at least 4 members (excludes halogenated alkanes) is 1. The van der Waals surface area contributed by atoms with Gasteiger partial charge in [-0.05, 0) is 67.8 Å². The Labute approximate surface area is 188 Å². The SMILES string of the molecule is CCCCOc1ccc(C(=O)N2CCC(C(=O)Nc3ccc(S(N)(=O)=O)cc3)CC2)cc1. The summed E-state index contributed by atoms with van der Waals surface area (Å²) in [7, 11) is -3.77. The highest BCUT2D eigenvalue weighted by atomic mass is 32.2. The summed E-state index contributed by atoms with van der Waals surface area (Å²) in [5.41, 5.74) is 1.10. The molecule has 0 spiro atoms. The van der Waals surface area contributed by atoms with Crippen LogP contribution in [0, 0.1) is 5.92 Å². The van der Waals surface area contributed by atoms with Crippen LogP contribution in [0.3, 0.4) is 0 Å². The van der Waals surface area contributed by atoms with Gasteiger partial charge in [-0.1, -0.05) is 13.3 Å². The molecule has 8 nitrogen and oxygen atoms in total. The summed E-state index contributed by atoms with van der Waals surface area (Å²) in [5.74, 6) is 0.338. The van der Waals surface area contributed by atoms with Crippen molar-refractivity contribution in [2.24, 2.45) is 11.1 Å². The number of primary sulfonamides is 1. The maximum atomic E-state index is 12.8. The maximum Gasteiger partial charge on any atom is 0.253 e. The third-order valence-electron chi connectivity index (χ3n) is 5.47. The lowest BCUT2D eigenvalue weighted by atomic mass is 9.95. The molecule has 1 aliphatic heterocycles. The first-order valence-corrected chi connectivity index (χ1v) is 12.3. The first-order chi connectivity index (χ1) is 15.3. The highest BCUT2D eigenvalue weighted by Crippen LogP contribution is 2.22. The summed E-state index contributed by atoms with van der Waals surface area (Å²) < 4.78 is 28.3. The lowest BCUT2D eigenvalue weighted by Crippen LogP contribution is -2.41. The van der Waals surface area contributed by atoms with Crippen LogP contribution in [-0.2, 0) is 14.8 Å². The molecule has 3 N–H and O–H groups in total. The molecule has 9 heteroatoms. The molecule has 2 aromatic rings. The van der Waals surface area contributed by atoms with E-state index in [0.29, 0.717) is 43.8 Å². The number of benzene rings is 2. The summed E-state index contributed by atoms with van der Waals surface area (Å²) in [5, 5.41) is 7.88. The van der Waals surface area contributed by atoms with Crippen LogP contribution in [0.5, 0.6) is 5.75 Å². The van der Waals surface area contributed by atoms with Crippen molar-refractivity contribution in [2.45, 2.75) is 37.5 Å². The van der Waals surface area contributed by atoms with Crippen LogP contribution in [0.1, 0.15) is 43.0 Å². The zero-order valence-electron chi connectivity index (χ0n) is 18.1. The summed E-state index contributed by atoms with van der Waals surface area (Å²) in [4.78, 5) is 27.1. The van der Waals surface area contributed by atoms with E-state index in [9.17, 15) is 18.0 Å². The number of rotatable bonds is 8. The molecule has 2 amide bonds. The van der Waals surface area contributed by atoms with Crippen molar-refractivity contribution in [3.05, 3.63) is 54.1 Å². The highest BCUT2D eigenvalue weighted by molar-refractivity contribution is 7.89. The average molecular weight is 460 g/mol. The molecule has 0 atom stereocenters. The van der Waals surface area contributed by atoms with E-state index in [-0.39, 0.29) is 22.6 Å². The lowest BCUT2D eigenvalue weighted by molar-refractivity contribution is -0.121. The van der Waals surface area contributed by atoms with Gasteiger partial charge in [-0.25, -0.2) is 13.6 Å². The minimum absolute atomic E-state index is 0.0112. The summed E-state index contributed by atoms with van der Waals surface area (Å²) in [6.07, 6.45) is 3.18. The Bertz CT molecular complexity index is 1030. The fourth-order valence-electron chi connectivity index (χ4n) is 3.53. The second-order valence-corrected chi connectivity index (χ2v) is 9.41. The normalized spacial score (nSPS) is 14.8. The number of nitrogens with zero attached hydrogens (tertiary/aromatic N) is 1. The summed E-state index contributed by atoms with van der Waals surface area (Å²) >= 11 is 0. The predicted octanol–water partition coefficient (Wildman–Crippen LogP) is 3.00. The number of carbonyl (C=O) groups excluding carboxylic acids is 2. The van der Waals surface area contributed by atoms with Crippen LogP contribution in [0.25, 0.3) is 0 Å². The quantitative estimate of drug-likeness (QED) is 0.588. The van der Waals surface area contributed by atoms with Gasteiger partial charge in [0.15, 0.2) is 0 Å². The first kappa shape index (κ1) is 23.7. The third-order valence-corrected chi connectivity index (χ3v) is 6.40. The van der Waals surface area contributed by atoms with E-state index in [0.717, 1.165) is 18.6 Å². The predicted molar refractivity (Wildman–Crippen MR) is 122 cm³/mol. The number of sulfonamides is 1. The number of hydrogen-bond donors (Lipinski definition) is 2. The number of nitrogens with one attached hydrogen (secondary N) is 1. The van der Waals surface area contributed by atoms with Crippen LogP contribution in [-0.4, -0.2) is 44.8 Å². The van der Waals surface area contributed by atoms with Gasteiger partial charge in [-0.2, -0.15) is 0 Å². The fourth-order valence-corrected chi connectivity index (χ4v) is 4.04. The molecule has 0 aliphatic carbocycles. The number of ether oxygens (including phenoxy) is 1. The first-order valence-electron chi connectivity index (χ1n) is 10.7. The Kier molecular flexibility index (Phi) is 7.87. The van der Waals surface area contributed by atoms with Crippen molar-refractivity contribution in [3.8, 4) is 5.75 Å². The Morgan fingerprint density at radius 1 is 1.06 bits per heavy atom. The number of nitrogens with two attached hydrogens (primary N) is 1. The maximum absolute atomic E-state index is 12.8. The minimum Gasteiger partial charge on any atom is -0.494 e. The molecule has 1 heterocycles. The molecule has 172 valence electrons. The Morgan fingerprint density at radius 2 is 1.69 bits per heavy atom. The van der Waals surface area contributed by atoms with E-state index in [1.165, 1.54) is 24.3 Å². The molecule has 0 aromatic heterocycles. The molecule has 1 aliphatic rings. The second-order valence-electron chi connectivity index (χ2n) is 7.85. The van der Waals surface area contributed by atoms with Crippen molar-refractivity contribution in [2.75, 3.05) is 25.0 Å². The van der Waals surface area contributed by atoms with Crippen LogP contribution in [0.4, 0.5) is 5.69 Å². The number of anilines is 1. The van der Waals surface area contributed by atoms with Crippen LogP contribution in [0.15, 0.2) is 53.4 Å². The number of likely N-dealkylation sites (tertiary alicyclic amines) is 1. The fraction of sp³-hybridized carbons (Fsp3) is 0.391. The van der Waals surface area contributed by atoms with Crippen LogP contribution >= 0.6 is 0 Å². The number of hydrogen-bond acceptors (Lipinski definition) is 5. The molecule has 1 fully saturated rings. The van der Waals surface area contributed by atoms with Gasteiger partial charge < -0.3 is 15.0 Å². The molecular formula is C23H29N3O5S. The largest absolute Gasteiger partial charge is 0.494 e. The van der Waals surface area contributed by atoms with Crippen molar-refractivity contribution >= 4 is 27.5 Å². The van der Waals surface area contributed by atoms with Gasteiger partial charge >= 0.3 is 0 Å². The van der Waals surface area contributed by atoms with Gasteiger partial charge in [0.05, 0.1) is 11.5 Å². The second kappa shape index (κ2) is 10.6. The monoisotopic (exact) mass is 459 g/mol. The molecule has 0 bridgehead atoms. The molecule has 1 saturated heterocycles. The van der Waals surface area contributed by atoms with Gasteiger partial charge in [0.2, 0.25) is 15.9 Å². The number of amides is 2. The molecular weight excluding hydrogens is 430 g/mol. The van der Waals surface area contributed by atoms with E-state index >= 15 is 0 Å². The Balaban J connectivity index is 1.49. The van der Waals surface area contributed by atoms with Gasteiger partial charge in [0, 0.05) is 30.3 Å². The van der Waals surface area contributed by atoms with E-state index < -0.39 is 10.0 Å². The average Bonchev–Trinajstić information content (AvgIpc) is 2.79. The van der Waals surface area contributed by atoms with Crippen molar-refractivity contribution in [3.63, 3.8) is 0 Å². The number of carbonyl (C=O) groups is 2. The standard InChI is InChI=1S/C23H29N3O5S/c1-2-3-16-31-20-8-4-18(5-9-20)23(28)26-14-12-17(13-15-26)22(27)25-19-6-10-21(11-7-19)32(24,29)30/h4-11,17H,2-3,12-16H2,1H3,(H,25,27)(H2,24,29,30). The lowest BCUT2D eigenvalue weighted by Gasteiger charge is -2.31. The van der Waals surface area contributed by atoms with Crippen LogP contribution < -0.4 is 15.2 Å². The van der Waals surface area contributed by atoms with Crippen LogP contribution in [0.2, 0.25) is 0 Å². The summed E-state index contributed by atoms with van der Waals surface area (Å²) in [6.45, 7) is 3.76. The molecule has 32 heavy (non-hydrogen) atoms. The topological polar surface area (TPSA) is 119 Å². The molecule has 0 saturated carbocycles. The molecule has 3 rings (SSSR count). The zero-order valence-corrected chi connectivity index (χ0v) is 18.9. The molecule has 0 radical (unpaired) electrons. The smallest absolute Gasteiger partial charge is 0.253 e. The highest BCUT2D eigenvalue weighted by Gasteiger charge is 2.28. The minimum atomic E-state index is -3.77. The van der Waals surface area contributed by atoms with Crippen molar-refractivity contribution in [1.29, 1.82) is 0 Å². The van der Waals surface area contributed by atoms with Gasteiger partial charge in [0.25, 0.3) is 5.91 Å². The van der Waals surface area contributed by atoms with E-state index in [1.54, 1.807) is 17.0 Å². The van der Waals surface area contributed by atoms with Crippen molar-refractivity contribution in [1.82, 2.24) is 4.90 Å². The third kappa shape index (κ3) is 6.30. The Morgan fingerprint density at radius 3 is 2.25 bits per heavy atom. The van der Waals surface area contributed by atoms with E-state index in [4.69, 9.17) is 9.88 Å². The molecule has 2 aromatic carbocycles. The zero-order chi connectivity index (χ0) is 23.1. The van der Waals surface area contributed by atoms with Gasteiger partial charge in [-0.3, -0.25) is 9.59 Å². The number of piperidine rings is 1. The van der Waals surface area contributed by atoms with Gasteiger partial charge in [0.1, 0.15) is 5.75 Å². The van der Waals surface area contributed by atoms with Crippen molar-refractivity contribution < 1.29 is 22.7 Å². The van der Waals surface area contributed by atoms with Gasteiger partial charge in [-0.15, -0.1) is 0 Å². The van der Waals surface area contributed by atoms with E-state index in [2.05, 4.69) is 12.2 Å². The van der Waals surface area contributed by atoms with E-state index in [1.807, 2.05) is 12.1 Å². The Hall–Kier alpha value is -2.91. The molecule has 0 unspecified atom stereocenters. The summed E-state index contributed by atoms with van der Waals surface area (Å²) in [6, 6.07) is 12.9.